The first-order chi connectivity index (χ1) is 16.5. The number of hydrogen-bond donors (Lipinski definition) is 0. The summed E-state index contributed by atoms with van der Waals surface area (Å²) in [5, 5.41) is 0. The number of nitrogens with zero attached hydrogens (tertiary/aromatic N) is 1. The number of benzene rings is 3. The standard InChI is InChI=1S/C30H35NO3/c1-4-20-31-21-27-28(34-29(2,3)33-27)26(31)22-32-30(23-14-8-5-9-15-23,24-16-10-6-11-17-24)25-18-12-7-13-19-25/h5-19,26-28H,4,20-22H2,1-3H3/t26-,27-,28+/m1/s1. The van der Waals surface area contributed by atoms with Crippen LogP contribution in [0.3, 0.4) is 0 Å². The van der Waals surface area contributed by atoms with Gasteiger partial charge in [-0.2, -0.15) is 0 Å². The molecule has 0 N–H and O–H groups in total. The molecule has 0 aromatic heterocycles. The average molecular weight is 458 g/mol. The summed E-state index contributed by atoms with van der Waals surface area (Å²) in [6.07, 6.45) is 1.16. The maximum Gasteiger partial charge on any atom is 0.163 e. The van der Waals surface area contributed by atoms with Crippen LogP contribution in [0.1, 0.15) is 43.9 Å². The largest absolute Gasteiger partial charge is 0.359 e. The lowest BCUT2D eigenvalue weighted by Crippen LogP contribution is -2.45. The van der Waals surface area contributed by atoms with E-state index < -0.39 is 11.4 Å². The molecule has 4 nitrogen and oxygen atoms in total. The fraction of sp³-hybridized carbons (Fsp3) is 0.400. The van der Waals surface area contributed by atoms with Crippen molar-refractivity contribution < 1.29 is 14.2 Å². The van der Waals surface area contributed by atoms with Gasteiger partial charge in [0, 0.05) is 6.54 Å². The Kier molecular flexibility index (Phi) is 6.59. The van der Waals surface area contributed by atoms with E-state index in [-0.39, 0.29) is 18.2 Å². The Hall–Kier alpha value is -2.50. The van der Waals surface area contributed by atoms with Crippen molar-refractivity contribution in [2.24, 2.45) is 0 Å². The third-order valence-electron chi connectivity index (χ3n) is 7.01. The van der Waals surface area contributed by atoms with E-state index in [2.05, 4.69) is 103 Å². The predicted octanol–water partition coefficient (Wildman–Crippen LogP) is 5.61. The smallest absolute Gasteiger partial charge is 0.163 e. The molecule has 0 spiro atoms. The Morgan fingerprint density at radius 1 is 0.824 bits per heavy atom. The second-order valence-electron chi connectivity index (χ2n) is 9.79. The summed E-state index contributed by atoms with van der Waals surface area (Å²) in [5.41, 5.74) is 2.63. The minimum absolute atomic E-state index is 0.00145. The summed E-state index contributed by atoms with van der Waals surface area (Å²) in [6, 6.07) is 31.8. The van der Waals surface area contributed by atoms with Crippen LogP contribution in [0, 0.1) is 0 Å². The van der Waals surface area contributed by atoms with Gasteiger partial charge in [0.15, 0.2) is 5.79 Å². The van der Waals surface area contributed by atoms with E-state index in [1.165, 1.54) is 0 Å². The van der Waals surface area contributed by atoms with E-state index in [1.54, 1.807) is 0 Å². The van der Waals surface area contributed by atoms with Gasteiger partial charge in [-0.1, -0.05) is 97.9 Å². The molecule has 5 rings (SSSR count). The van der Waals surface area contributed by atoms with Crippen LogP contribution in [0.2, 0.25) is 0 Å². The van der Waals surface area contributed by atoms with Gasteiger partial charge in [0.25, 0.3) is 0 Å². The average Bonchev–Trinajstić information content (AvgIpc) is 3.33. The molecule has 0 saturated carbocycles. The van der Waals surface area contributed by atoms with Crippen LogP contribution in [0.25, 0.3) is 0 Å². The summed E-state index contributed by atoms with van der Waals surface area (Å²) in [6.45, 7) is 8.67. The van der Waals surface area contributed by atoms with E-state index in [9.17, 15) is 0 Å². The highest BCUT2D eigenvalue weighted by molar-refractivity contribution is 5.47. The topological polar surface area (TPSA) is 30.9 Å². The molecule has 3 aromatic carbocycles. The van der Waals surface area contributed by atoms with Crippen molar-refractivity contribution in [3.63, 3.8) is 0 Å². The molecule has 0 bridgehead atoms. The second kappa shape index (κ2) is 9.63. The van der Waals surface area contributed by atoms with Gasteiger partial charge in [0.1, 0.15) is 17.8 Å². The molecule has 2 fully saturated rings. The monoisotopic (exact) mass is 457 g/mol. The predicted molar refractivity (Wildman–Crippen MR) is 135 cm³/mol. The molecule has 0 radical (unpaired) electrons. The Morgan fingerprint density at radius 3 is 1.79 bits per heavy atom. The van der Waals surface area contributed by atoms with Gasteiger partial charge < -0.3 is 14.2 Å². The zero-order valence-corrected chi connectivity index (χ0v) is 20.4. The van der Waals surface area contributed by atoms with Crippen LogP contribution < -0.4 is 0 Å². The first-order valence-corrected chi connectivity index (χ1v) is 12.4. The molecule has 2 aliphatic heterocycles. The third kappa shape index (κ3) is 4.32. The van der Waals surface area contributed by atoms with Gasteiger partial charge in [-0.3, -0.25) is 4.90 Å². The van der Waals surface area contributed by atoms with Crippen LogP contribution in [-0.2, 0) is 19.8 Å². The molecule has 34 heavy (non-hydrogen) atoms. The Bertz CT molecular complexity index is 958. The maximum atomic E-state index is 7.15. The Balaban J connectivity index is 1.56. The van der Waals surface area contributed by atoms with Crippen molar-refractivity contribution in [3.05, 3.63) is 108 Å². The Morgan fingerprint density at radius 2 is 1.32 bits per heavy atom. The first kappa shape index (κ1) is 23.3. The van der Waals surface area contributed by atoms with Crippen LogP contribution in [0.15, 0.2) is 91.0 Å². The summed E-state index contributed by atoms with van der Waals surface area (Å²) in [7, 11) is 0. The van der Waals surface area contributed by atoms with E-state index in [1.807, 2.05) is 13.8 Å². The van der Waals surface area contributed by atoms with Crippen molar-refractivity contribution in [3.8, 4) is 0 Å². The summed E-state index contributed by atoms with van der Waals surface area (Å²) in [4.78, 5) is 2.48. The molecule has 0 amide bonds. The zero-order chi connectivity index (χ0) is 23.6. The quantitative estimate of drug-likeness (QED) is 0.412. The van der Waals surface area contributed by atoms with E-state index in [4.69, 9.17) is 14.2 Å². The van der Waals surface area contributed by atoms with Gasteiger partial charge in [-0.05, 0) is 43.5 Å². The normalized spacial score (nSPS) is 24.3. The van der Waals surface area contributed by atoms with Gasteiger partial charge in [0.2, 0.25) is 0 Å². The van der Waals surface area contributed by atoms with Gasteiger partial charge in [0.05, 0.1) is 12.6 Å². The van der Waals surface area contributed by atoms with Gasteiger partial charge in [-0.25, -0.2) is 0 Å². The number of fused-ring (bicyclic) bond motifs is 1. The number of hydrogen-bond acceptors (Lipinski definition) is 4. The summed E-state index contributed by atoms with van der Waals surface area (Å²) < 4.78 is 19.8. The zero-order valence-electron chi connectivity index (χ0n) is 20.4. The van der Waals surface area contributed by atoms with Crippen molar-refractivity contribution in [1.29, 1.82) is 0 Å². The van der Waals surface area contributed by atoms with Crippen LogP contribution in [0.4, 0.5) is 0 Å². The molecule has 0 aliphatic carbocycles. The highest BCUT2D eigenvalue weighted by Gasteiger charge is 2.53. The molecule has 2 aliphatic rings. The van der Waals surface area contributed by atoms with Crippen molar-refractivity contribution in [1.82, 2.24) is 4.90 Å². The lowest BCUT2D eigenvalue weighted by Gasteiger charge is -2.38. The first-order valence-electron chi connectivity index (χ1n) is 12.4. The molecular formula is C30H35NO3. The van der Waals surface area contributed by atoms with E-state index in [0.717, 1.165) is 36.2 Å². The molecule has 3 atom stereocenters. The summed E-state index contributed by atoms with van der Waals surface area (Å²) >= 11 is 0. The van der Waals surface area contributed by atoms with E-state index in [0.29, 0.717) is 6.61 Å². The van der Waals surface area contributed by atoms with Gasteiger partial charge in [-0.15, -0.1) is 0 Å². The van der Waals surface area contributed by atoms with Crippen molar-refractivity contribution in [2.75, 3.05) is 19.7 Å². The van der Waals surface area contributed by atoms with Crippen LogP contribution in [0.5, 0.6) is 0 Å². The van der Waals surface area contributed by atoms with Crippen molar-refractivity contribution in [2.45, 2.75) is 56.8 Å². The van der Waals surface area contributed by atoms with Gasteiger partial charge >= 0.3 is 0 Å². The number of rotatable bonds is 8. The second-order valence-corrected chi connectivity index (χ2v) is 9.79. The molecule has 2 heterocycles. The molecule has 3 aromatic rings. The fourth-order valence-corrected chi connectivity index (χ4v) is 5.63. The lowest BCUT2D eigenvalue weighted by atomic mass is 9.80. The molecule has 0 unspecified atom stereocenters. The lowest BCUT2D eigenvalue weighted by molar-refractivity contribution is -0.166. The molecule has 2 saturated heterocycles. The minimum atomic E-state index is -0.727. The van der Waals surface area contributed by atoms with Crippen LogP contribution >= 0.6 is 0 Å². The fourth-order valence-electron chi connectivity index (χ4n) is 5.63. The minimum Gasteiger partial charge on any atom is -0.359 e. The third-order valence-corrected chi connectivity index (χ3v) is 7.01. The number of likely N-dealkylation sites (tertiary alicyclic amines) is 1. The van der Waals surface area contributed by atoms with Crippen molar-refractivity contribution >= 4 is 0 Å². The highest BCUT2D eigenvalue weighted by atomic mass is 16.8. The molecule has 178 valence electrons. The number of ether oxygens (including phenoxy) is 3. The highest BCUT2D eigenvalue weighted by Crippen LogP contribution is 2.42. The molecule has 4 heteroatoms. The SMILES string of the molecule is CCCN1C[C@H]2OC(C)(C)O[C@H]2[C@H]1COC(c1ccccc1)(c1ccccc1)c1ccccc1. The summed E-state index contributed by atoms with van der Waals surface area (Å²) in [5.74, 6) is -0.554. The van der Waals surface area contributed by atoms with Crippen LogP contribution in [-0.4, -0.2) is 48.6 Å². The maximum absolute atomic E-state index is 7.15. The van der Waals surface area contributed by atoms with E-state index >= 15 is 0 Å². The molecular weight excluding hydrogens is 422 g/mol. The Labute approximate surface area is 203 Å².